The van der Waals surface area contributed by atoms with Crippen LogP contribution in [0.1, 0.15) is 5.56 Å². The molecule has 1 atom stereocenters. The molecule has 3 aromatic carbocycles. The number of aliphatic hydroxyl groups excluding tert-OH is 1. The van der Waals surface area contributed by atoms with Crippen molar-refractivity contribution in [2.75, 3.05) is 18.9 Å². The smallest absolute Gasteiger partial charge is 0.183 e. The number of hydrogen-bond donors (Lipinski definition) is 2. The van der Waals surface area contributed by atoms with E-state index in [1.807, 2.05) is 24.3 Å². The Kier molecular flexibility index (Phi) is 4.41. The summed E-state index contributed by atoms with van der Waals surface area (Å²) in [6, 6.07) is 15.8. The third-order valence-corrected chi connectivity index (χ3v) is 6.29. The molecule has 0 spiro atoms. The van der Waals surface area contributed by atoms with E-state index in [9.17, 15) is 13.5 Å². The van der Waals surface area contributed by atoms with Crippen molar-refractivity contribution in [2.24, 2.45) is 0 Å². The van der Waals surface area contributed by atoms with Crippen LogP contribution in [0, 0.1) is 0 Å². The van der Waals surface area contributed by atoms with Gasteiger partial charge in [0.2, 0.25) is 0 Å². The summed E-state index contributed by atoms with van der Waals surface area (Å²) in [7, 11) is -3.70. The minimum absolute atomic E-state index is 0.197. The SMILES string of the molecule is Nc1ccc2c(c1CS(=O)(=O)c1cccc3ccccc13)OC(CO)CO2. The lowest BCUT2D eigenvalue weighted by atomic mass is 10.1. The molecule has 1 heterocycles. The van der Waals surface area contributed by atoms with Crippen LogP contribution in [0.15, 0.2) is 59.5 Å². The lowest BCUT2D eigenvalue weighted by Gasteiger charge is -2.27. The van der Waals surface area contributed by atoms with Gasteiger partial charge in [-0.3, -0.25) is 0 Å². The summed E-state index contributed by atoms with van der Waals surface area (Å²) in [4.78, 5) is 0.244. The fourth-order valence-electron chi connectivity index (χ4n) is 3.22. The van der Waals surface area contributed by atoms with E-state index in [1.165, 1.54) is 0 Å². The first-order chi connectivity index (χ1) is 13.0. The van der Waals surface area contributed by atoms with Crippen LogP contribution in [0.2, 0.25) is 0 Å². The van der Waals surface area contributed by atoms with Crippen LogP contribution in [0.5, 0.6) is 11.5 Å². The Bertz CT molecular complexity index is 1110. The van der Waals surface area contributed by atoms with Gasteiger partial charge in [0.15, 0.2) is 27.4 Å². The van der Waals surface area contributed by atoms with Crippen LogP contribution in [0.25, 0.3) is 10.8 Å². The van der Waals surface area contributed by atoms with Gasteiger partial charge in [0.25, 0.3) is 0 Å². The molecule has 0 saturated carbocycles. The van der Waals surface area contributed by atoms with Crippen molar-refractivity contribution < 1.29 is 23.0 Å². The summed E-state index contributed by atoms with van der Waals surface area (Å²) in [6.45, 7) is -0.0350. The van der Waals surface area contributed by atoms with Gasteiger partial charge >= 0.3 is 0 Å². The third kappa shape index (κ3) is 3.20. The highest BCUT2D eigenvalue weighted by molar-refractivity contribution is 7.90. The Labute approximate surface area is 157 Å². The van der Waals surface area contributed by atoms with E-state index in [2.05, 4.69) is 0 Å². The van der Waals surface area contributed by atoms with Crippen molar-refractivity contribution in [2.45, 2.75) is 16.8 Å². The second kappa shape index (κ2) is 6.75. The molecule has 1 unspecified atom stereocenters. The Morgan fingerprint density at radius 3 is 2.67 bits per heavy atom. The highest BCUT2D eigenvalue weighted by Crippen LogP contribution is 2.40. The second-order valence-corrected chi connectivity index (χ2v) is 8.39. The standard InChI is InChI=1S/C20H19NO5S/c21-17-8-9-18-20(26-14(10-22)11-25-18)16(17)12-27(23,24)19-7-3-5-13-4-1-2-6-15(13)19/h1-9,14,22H,10-12,21H2. The van der Waals surface area contributed by atoms with Crippen molar-refractivity contribution >= 4 is 26.3 Å². The Morgan fingerprint density at radius 1 is 1.07 bits per heavy atom. The third-order valence-electron chi connectivity index (χ3n) is 4.59. The zero-order valence-corrected chi connectivity index (χ0v) is 15.3. The number of rotatable bonds is 4. The molecule has 0 saturated heterocycles. The van der Waals surface area contributed by atoms with Crippen molar-refractivity contribution in [3.63, 3.8) is 0 Å². The van der Waals surface area contributed by atoms with E-state index < -0.39 is 15.9 Å². The van der Waals surface area contributed by atoms with E-state index in [4.69, 9.17) is 15.2 Å². The molecule has 4 rings (SSSR count). The van der Waals surface area contributed by atoms with Crippen molar-refractivity contribution in [3.05, 3.63) is 60.2 Å². The lowest BCUT2D eigenvalue weighted by molar-refractivity contribution is 0.0450. The molecule has 0 amide bonds. The van der Waals surface area contributed by atoms with Gasteiger partial charge in [-0.25, -0.2) is 8.42 Å². The summed E-state index contributed by atoms with van der Waals surface area (Å²) in [6.07, 6.45) is -0.557. The summed E-state index contributed by atoms with van der Waals surface area (Å²) in [5.74, 6) is 0.387. The maximum absolute atomic E-state index is 13.2. The molecule has 1 aliphatic rings. The molecule has 140 valence electrons. The number of benzene rings is 3. The van der Waals surface area contributed by atoms with Crippen molar-refractivity contribution in [1.82, 2.24) is 0 Å². The first-order valence-corrected chi connectivity index (χ1v) is 10.2. The number of ether oxygens (including phenoxy) is 2. The lowest BCUT2D eigenvalue weighted by Crippen LogP contribution is -2.33. The highest BCUT2D eigenvalue weighted by atomic mass is 32.2. The average molecular weight is 385 g/mol. The quantitative estimate of drug-likeness (QED) is 0.670. The Hall–Kier alpha value is -2.77. The monoisotopic (exact) mass is 385 g/mol. The normalized spacial score (nSPS) is 16.4. The summed E-state index contributed by atoms with van der Waals surface area (Å²) in [5.41, 5.74) is 6.72. The zero-order chi connectivity index (χ0) is 19.0. The molecule has 27 heavy (non-hydrogen) atoms. The van der Waals surface area contributed by atoms with Gasteiger partial charge in [-0.05, 0) is 23.6 Å². The molecule has 3 aromatic rings. The van der Waals surface area contributed by atoms with Gasteiger partial charge in [0, 0.05) is 16.6 Å². The number of nitrogen functional groups attached to an aromatic ring is 1. The molecule has 1 aliphatic heterocycles. The van der Waals surface area contributed by atoms with E-state index in [0.29, 0.717) is 22.4 Å². The van der Waals surface area contributed by atoms with Crippen molar-refractivity contribution in [1.29, 1.82) is 0 Å². The van der Waals surface area contributed by atoms with Gasteiger partial charge in [0.1, 0.15) is 6.61 Å². The number of anilines is 1. The van der Waals surface area contributed by atoms with Crippen LogP contribution >= 0.6 is 0 Å². The number of fused-ring (bicyclic) bond motifs is 2. The Balaban J connectivity index is 1.80. The Morgan fingerprint density at radius 2 is 1.85 bits per heavy atom. The molecule has 0 aliphatic carbocycles. The van der Waals surface area contributed by atoms with Crippen LogP contribution in [0.3, 0.4) is 0 Å². The van der Waals surface area contributed by atoms with Gasteiger partial charge in [-0.15, -0.1) is 0 Å². The topological polar surface area (TPSA) is 98.9 Å². The number of aliphatic hydroxyl groups is 1. The zero-order valence-electron chi connectivity index (χ0n) is 14.5. The molecule has 6 nitrogen and oxygen atoms in total. The van der Waals surface area contributed by atoms with Crippen LogP contribution in [-0.2, 0) is 15.6 Å². The molecule has 0 bridgehead atoms. The van der Waals surface area contributed by atoms with Crippen LogP contribution in [-0.4, -0.2) is 32.8 Å². The largest absolute Gasteiger partial charge is 0.486 e. The second-order valence-electron chi connectivity index (χ2n) is 6.43. The number of nitrogens with two attached hydrogens (primary N) is 1. The van der Waals surface area contributed by atoms with Crippen LogP contribution in [0.4, 0.5) is 5.69 Å². The molecular formula is C20H19NO5S. The first-order valence-electron chi connectivity index (χ1n) is 8.52. The van der Waals surface area contributed by atoms with Crippen molar-refractivity contribution in [3.8, 4) is 11.5 Å². The molecule has 0 aromatic heterocycles. The maximum Gasteiger partial charge on any atom is 0.183 e. The molecular weight excluding hydrogens is 366 g/mol. The maximum atomic E-state index is 13.2. The fourth-order valence-corrected chi connectivity index (χ4v) is 4.86. The predicted molar refractivity (Wildman–Crippen MR) is 103 cm³/mol. The molecule has 7 heteroatoms. The number of hydrogen-bond acceptors (Lipinski definition) is 6. The van der Waals surface area contributed by atoms with Crippen LogP contribution < -0.4 is 15.2 Å². The first kappa shape index (κ1) is 17.6. The van der Waals surface area contributed by atoms with Gasteiger partial charge < -0.3 is 20.3 Å². The minimum atomic E-state index is -3.70. The minimum Gasteiger partial charge on any atom is -0.486 e. The van der Waals surface area contributed by atoms with E-state index >= 15 is 0 Å². The molecule has 0 fully saturated rings. The van der Waals surface area contributed by atoms with E-state index in [1.54, 1.807) is 30.3 Å². The molecule has 0 radical (unpaired) electrons. The number of sulfone groups is 1. The van der Waals surface area contributed by atoms with Gasteiger partial charge in [-0.1, -0.05) is 36.4 Å². The van der Waals surface area contributed by atoms with Gasteiger partial charge in [0.05, 0.1) is 17.3 Å². The summed E-state index contributed by atoms with van der Waals surface area (Å²) >= 11 is 0. The fraction of sp³-hybridized carbons (Fsp3) is 0.200. The molecule has 3 N–H and O–H groups in total. The van der Waals surface area contributed by atoms with Gasteiger partial charge in [-0.2, -0.15) is 0 Å². The highest BCUT2D eigenvalue weighted by Gasteiger charge is 2.28. The predicted octanol–water partition coefficient (Wildman–Crippen LogP) is 2.53. The summed E-state index contributed by atoms with van der Waals surface area (Å²) < 4.78 is 37.7. The van der Waals surface area contributed by atoms with E-state index in [-0.39, 0.29) is 29.6 Å². The summed E-state index contributed by atoms with van der Waals surface area (Å²) in [5, 5.41) is 10.9. The van der Waals surface area contributed by atoms with E-state index in [0.717, 1.165) is 5.39 Å². The average Bonchev–Trinajstić information content (AvgIpc) is 2.69.